The molecule has 1 amide bonds. The topological polar surface area (TPSA) is 76.4 Å². The Labute approximate surface area is 133 Å². The molecule has 0 bridgehead atoms. The van der Waals surface area contributed by atoms with Gasteiger partial charge in [0.2, 0.25) is 11.8 Å². The largest absolute Gasteiger partial charge is 0.447 e. The third-order valence-electron chi connectivity index (χ3n) is 3.46. The minimum atomic E-state index is -3.47. The van der Waals surface area contributed by atoms with Crippen LogP contribution in [-0.4, -0.2) is 20.1 Å². The zero-order chi connectivity index (χ0) is 16.3. The Kier molecular flexibility index (Phi) is 4.16. The molecule has 0 aliphatic carbocycles. The molecule has 1 heterocycles. The first-order chi connectivity index (χ1) is 11.1. The van der Waals surface area contributed by atoms with E-state index in [1.54, 1.807) is 24.5 Å². The summed E-state index contributed by atoms with van der Waals surface area (Å²) in [5.41, 5.74) is 0. The number of carbonyl (C=O) groups is 1. The van der Waals surface area contributed by atoms with Gasteiger partial charge in [-0.3, -0.25) is 10.1 Å². The van der Waals surface area contributed by atoms with E-state index in [1.807, 2.05) is 24.3 Å². The molecule has 23 heavy (non-hydrogen) atoms. The fourth-order valence-electron chi connectivity index (χ4n) is 2.25. The molecule has 1 N–H and O–H groups in total. The molecule has 0 spiro atoms. The van der Waals surface area contributed by atoms with Crippen LogP contribution in [0, 0.1) is 0 Å². The highest BCUT2D eigenvalue weighted by Gasteiger charge is 2.17. The zero-order valence-corrected chi connectivity index (χ0v) is 13.0. The van der Waals surface area contributed by atoms with Crippen LogP contribution in [-0.2, 0) is 14.6 Å². The smallest absolute Gasteiger partial charge is 0.227 e. The van der Waals surface area contributed by atoms with Gasteiger partial charge in [-0.25, -0.2) is 8.42 Å². The van der Waals surface area contributed by atoms with E-state index < -0.39 is 15.7 Å². The molecular formula is C17H15NO4S. The van der Waals surface area contributed by atoms with E-state index >= 15 is 0 Å². The fraction of sp³-hybridized carbons (Fsp3) is 0.118. The van der Waals surface area contributed by atoms with Gasteiger partial charge in [0.15, 0.2) is 9.84 Å². The summed E-state index contributed by atoms with van der Waals surface area (Å²) in [6.45, 7) is 0. The molecule has 0 atom stereocenters. The second kappa shape index (κ2) is 6.26. The Morgan fingerprint density at radius 3 is 2.48 bits per heavy atom. The van der Waals surface area contributed by atoms with Gasteiger partial charge in [0.1, 0.15) is 6.26 Å². The van der Waals surface area contributed by atoms with E-state index in [0.717, 1.165) is 10.8 Å². The molecule has 0 saturated carbocycles. The van der Waals surface area contributed by atoms with Crippen LogP contribution in [0.25, 0.3) is 10.8 Å². The van der Waals surface area contributed by atoms with Crippen molar-refractivity contribution < 1.29 is 17.6 Å². The number of nitrogens with one attached hydrogen (secondary N) is 1. The van der Waals surface area contributed by atoms with Crippen molar-refractivity contribution in [1.29, 1.82) is 0 Å². The molecule has 0 fully saturated rings. The van der Waals surface area contributed by atoms with Crippen LogP contribution in [0.5, 0.6) is 0 Å². The average Bonchev–Trinajstić information content (AvgIpc) is 2.97. The molecule has 6 heteroatoms. The van der Waals surface area contributed by atoms with Gasteiger partial charge in [0, 0.05) is 17.2 Å². The summed E-state index contributed by atoms with van der Waals surface area (Å²) in [5.74, 6) is -0.311. The van der Waals surface area contributed by atoms with E-state index in [-0.39, 0.29) is 17.1 Å². The Bertz CT molecular complexity index is 929. The Balaban J connectivity index is 1.66. The lowest BCUT2D eigenvalue weighted by Crippen LogP contribution is -2.17. The number of fused-ring (bicyclic) bond motifs is 1. The molecular weight excluding hydrogens is 314 g/mol. The van der Waals surface area contributed by atoms with Crippen LogP contribution in [0.2, 0.25) is 0 Å². The lowest BCUT2D eigenvalue weighted by Gasteiger charge is -2.05. The van der Waals surface area contributed by atoms with Gasteiger partial charge in [-0.1, -0.05) is 36.4 Å². The van der Waals surface area contributed by atoms with Gasteiger partial charge in [-0.05, 0) is 18.2 Å². The van der Waals surface area contributed by atoms with Crippen molar-refractivity contribution in [1.82, 2.24) is 0 Å². The van der Waals surface area contributed by atoms with Gasteiger partial charge in [0.05, 0.1) is 10.6 Å². The van der Waals surface area contributed by atoms with Crippen molar-refractivity contribution >= 4 is 32.4 Å². The number of rotatable bonds is 5. The van der Waals surface area contributed by atoms with Crippen molar-refractivity contribution in [3.8, 4) is 0 Å². The van der Waals surface area contributed by atoms with Gasteiger partial charge in [-0.2, -0.15) is 0 Å². The highest BCUT2D eigenvalue weighted by molar-refractivity contribution is 7.91. The van der Waals surface area contributed by atoms with Crippen LogP contribution in [0.15, 0.2) is 70.2 Å². The van der Waals surface area contributed by atoms with Gasteiger partial charge >= 0.3 is 0 Å². The average molecular weight is 329 g/mol. The quantitative estimate of drug-likeness (QED) is 0.779. The molecule has 1 aromatic heterocycles. The lowest BCUT2D eigenvalue weighted by atomic mass is 10.2. The van der Waals surface area contributed by atoms with Crippen molar-refractivity contribution in [3.63, 3.8) is 0 Å². The number of anilines is 1. The molecule has 3 rings (SSSR count). The monoisotopic (exact) mass is 329 g/mol. The van der Waals surface area contributed by atoms with E-state index in [4.69, 9.17) is 4.42 Å². The minimum absolute atomic E-state index is 0.133. The van der Waals surface area contributed by atoms with Gasteiger partial charge in [0.25, 0.3) is 0 Å². The summed E-state index contributed by atoms with van der Waals surface area (Å²) in [7, 11) is -3.47. The molecule has 0 aliphatic heterocycles. The molecule has 0 aliphatic rings. The summed E-state index contributed by atoms with van der Waals surface area (Å²) in [5, 5.41) is 4.28. The maximum Gasteiger partial charge on any atom is 0.227 e. The van der Waals surface area contributed by atoms with Crippen LogP contribution in [0.3, 0.4) is 0 Å². The van der Waals surface area contributed by atoms with Crippen molar-refractivity contribution in [2.45, 2.75) is 11.3 Å². The van der Waals surface area contributed by atoms with E-state index in [9.17, 15) is 13.2 Å². The van der Waals surface area contributed by atoms with Gasteiger partial charge in [-0.15, -0.1) is 0 Å². The summed E-state index contributed by atoms with van der Waals surface area (Å²) in [6, 6.07) is 15.5. The molecule has 3 aromatic rings. The standard InChI is InChI=1S/C17H15NO4S/c19-16(10-11-23(20,21)14-7-2-1-3-8-14)18-17-15-9-5-4-6-13(15)12-22-17/h1-9,12H,10-11H2,(H,18,19). The van der Waals surface area contributed by atoms with Crippen LogP contribution in [0.4, 0.5) is 5.88 Å². The molecule has 0 unspecified atom stereocenters. The zero-order valence-electron chi connectivity index (χ0n) is 12.2. The second-order valence-electron chi connectivity index (χ2n) is 5.08. The fourth-order valence-corrected chi connectivity index (χ4v) is 3.51. The first-order valence-electron chi connectivity index (χ1n) is 7.10. The third kappa shape index (κ3) is 3.43. The molecule has 118 valence electrons. The van der Waals surface area contributed by atoms with Crippen LogP contribution in [0.1, 0.15) is 6.42 Å². The molecule has 0 saturated heterocycles. The highest BCUT2D eigenvalue weighted by Crippen LogP contribution is 2.25. The summed E-state index contributed by atoms with van der Waals surface area (Å²) in [6.07, 6.45) is 1.41. The van der Waals surface area contributed by atoms with Crippen molar-refractivity contribution in [2.75, 3.05) is 11.1 Å². The molecule has 0 radical (unpaired) electrons. The van der Waals surface area contributed by atoms with Crippen LogP contribution >= 0.6 is 0 Å². The first-order valence-corrected chi connectivity index (χ1v) is 8.75. The number of furan rings is 1. The molecule has 5 nitrogen and oxygen atoms in total. The second-order valence-corrected chi connectivity index (χ2v) is 7.19. The van der Waals surface area contributed by atoms with E-state index in [1.165, 1.54) is 12.1 Å². The maximum atomic E-state index is 12.1. The minimum Gasteiger partial charge on any atom is -0.447 e. The Morgan fingerprint density at radius 1 is 1.00 bits per heavy atom. The first kappa shape index (κ1) is 15.3. The highest BCUT2D eigenvalue weighted by atomic mass is 32.2. The number of hydrogen-bond acceptors (Lipinski definition) is 4. The Hall–Kier alpha value is -2.60. The van der Waals surface area contributed by atoms with E-state index in [2.05, 4.69) is 5.32 Å². The predicted molar refractivity (Wildman–Crippen MR) is 88.0 cm³/mol. The van der Waals surface area contributed by atoms with Crippen molar-refractivity contribution in [2.24, 2.45) is 0 Å². The van der Waals surface area contributed by atoms with E-state index in [0.29, 0.717) is 5.88 Å². The van der Waals surface area contributed by atoms with Crippen molar-refractivity contribution in [3.05, 3.63) is 60.9 Å². The van der Waals surface area contributed by atoms with Crippen LogP contribution < -0.4 is 5.32 Å². The number of benzene rings is 2. The third-order valence-corrected chi connectivity index (χ3v) is 5.19. The number of hydrogen-bond donors (Lipinski definition) is 1. The maximum absolute atomic E-state index is 12.1. The summed E-state index contributed by atoms with van der Waals surface area (Å²) in [4.78, 5) is 12.2. The number of amides is 1. The summed E-state index contributed by atoms with van der Waals surface area (Å²) >= 11 is 0. The Morgan fingerprint density at radius 2 is 1.70 bits per heavy atom. The SMILES string of the molecule is O=C(CCS(=O)(=O)c1ccccc1)Nc1occ2ccccc12. The lowest BCUT2D eigenvalue weighted by molar-refractivity contribution is -0.115. The molecule has 2 aromatic carbocycles. The predicted octanol–water partition coefficient (Wildman–Crippen LogP) is 3.24. The number of carbonyl (C=O) groups excluding carboxylic acids is 1. The van der Waals surface area contributed by atoms with Gasteiger partial charge < -0.3 is 4.42 Å². The normalized spacial score (nSPS) is 11.5. The summed E-state index contributed by atoms with van der Waals surface area (Å²) < 4.78 is 29.6. The number of sulfone groups is 1.